The molecule has 0 radical (unpaired) electrons. The van der Waals surface area contributed by atoms with Crippen molar-refractivity contribution in [3.05, 3.63) is 65.9 Å². The van der Waals surface area contributed by atoms with Gasteiger partial charge in [0.05, 0.1) is 16.8 Å². The minimum Gasteiger partial charge on any atom is -0.385 e. The van der Waals surface area contributed by atoms with Crippen molar-refractivity contribution in [3.8, 4) is 0 Å². The summed E-state index contributed by atoms with van der Waals surface area (Å²) in [5.74, 6) is -0.141. The highest BCUT2D eigenvalue weighted by Gasteiger charge is 2.12. The van der Waals surface area contributed by atoms with Crippen molar-refractivity contribution >= 4 is 28.2 Å². The predicted octanol–water partition coefficient (Wildman–Crippen LogP) is 4.23. The Balaban J connectivity index is 1.96. The van der Waals surface area contributed by atoms with Gasteiger partial charge >= 0.3 is 0 Å². The summed E-state index contributed by atoms with van der Waals surface area (Å²) >= 11 is 0. The van der Waals surface area contributed by atoms with Crippen LogP contribution >= 0.6 is 0 Å². The van der Waals surface area contributed by atoms with Crippen molar-refractivity contribution in [3.63, 3.8) is 0 Å². The number of fused-ring (bicyclic) bond motifs is 1. The second-order valence-electron chi connectivity index (χ2n) is 5.36. The van der Waals surface area contributed by atoms with Crippen LogP contribution in [0, 0.1) is 6.92 Å². The Morgan fingerprint density at radius 3 is 2.61 bits per heavy atom. The Kier molecular flexibility index (Phi) is 4.24. The van der Waals surface area contributed by atoms with Gasteiger partial charge in [-0.05, 0) is 38.1 Å². The molecule has 0 unspecified atom stereocenters. The molecule has 1 aromatic heterocycles. The molecule has 0 saturated carbocycles. The molecule has 2 N–H and O–H groups in total. The van der Waals surface area contributed by atoms with E-state index in [1.807, 2.05) is 68.4 Å². The van der Waals surface area contributed by atoms with Gasteiger partial charge in [0.25, 0.3) is 5.91 Å². The molecule has 3 aromatic rings. The summed E-state index contributed by atoms with van der Waals surface area (Å²) < 4.78 is 0. The van der Waals surface area contributed by atoms with Crippen molar-refractivity contribution in [1.82, 2.24) is 4.98 Å². The lowest BCUT2D eigenvalue weighted by Crippen LogP contribution is -2.15. The van der Waals surface area contributed by atoms with Gasteiger partial charge in [-0.3, -0.25) is 9.78 Å². The number of carbonyl (C=O) groups is 1. The summed E-state index contributed by atoms with van der Waals surface area (Å²) in [6.07, 6.45) is 0. The molecular weight excluding hydrogens is 286 g/mol. The third-order valence-electron chi connectivity index (χ3n) is 3.65. The Bertz CT molecular complexity index is 858. The maximum Gasteiger partial charge on any atom is 0.257 e. The highest BCUT2D eigenvalue weighted by Crippen LogP contribution is 2.23. The molecule has 0 atom stereocenters. The van der Waals surface area contributed by atoms with Gasteiger partial charge in [-0.2, -0.15) is 0 Å². The van der Waals surface area contributed by atoms with E-state index in [9.17, 15) is 4.79 Å². The average molecular weight is 305 g/mol. The molecule has 4 nitrogen and oxygen atoms in total. The summed E-state index contributed by atoms with van der Waals surface area (Å²) in [4.78, 5) is 17.2. The zero-order valence-electron chi connectivity index (χ0n) is 13.3. The molecule has 1 amide bonds. The Morgan fingerprint density at radius 1 is 1.00 bits per heavy atom. The molecule has 0 fully saturated rings. The van der Waals surface area contributed by atoms with E-state index >= 15 is 0 Å². The fourth-order valence-electron chi connectivity index (χ4n) is 2.56. The van der Waals surface area contributed by atoms with Gasteiger partial charge in [0.2, 0.25) is 0 Å². The van der Waals surface area contributed by atoms with Crippen molar-refractivity contribution in [2.24, 2.45) is 0 Å². The van der Waals surface area contributed by atoms with Crippen LogP contribution in [-0.2, 0) is 0 Å². The third-order valence-corrected chi connectivity index (χ3v) is 3.65. The normalized spacial score (nSPS) is 10.5. The lowest BCUT2D eigenvalue weighted by Gasteiger charge is -2.12. The number of carbonyl (C=O) groups excluding carboxylic acids is 1. The molecule has 0 saturated heterocycles. The SMILES string of the molecule is CCNc1ccccc1C(=O)Nc1cccc2ccc(C)nc12. The fourth-order valence-corrected chi connectivity index (χ4v) is 2.56. The summed E-state index contributed by atoms with van der Waals surface area (Å²) in [6.45, 7) is 4.71. The van der Waals surface area contributed by atoms with Gasteiger partial charge < -0.3 is 10.6 Å². The van der Waals surface area contributed by atoms with Gasteiger partial charge in [0.1, 0.15) is 0 Å². The van der Waals surface area contributed by atoms with Crippen LogP contribution in [0.5, 0.6) is 0 Å². The molecule has 0 bridgehead atoms. The van der Waals surface area contributed by atoms with Crippen molar-refractivity contribution in [2.45, 2.75) is 13.8 Å². The molecule has 2 aromatic carbocycles. The number of hydrogen-bond acceptors (Lipinski definition) is 3. The summed E-state index contributed by atoms with van der Waals surface area (Å²) in [5.41, 5.74) is 3.91. The minimum atomic E-state index is -0.141. The molecule has 0 aliphatic carbocycles. The van der Waals surface area contributed by atoms with Gasteiger partial charge in [-0.15, -0.1) is 0 Å². The van der Waals surface area contributed by atoms with Crippen LogP contribution < -0.4 is 10.6 Å². The van der Waals surface area contributed by atoms with Gasteiger partial charge in [0, 0.05) is 23.3 Å². The predicted molar refractivity (Wildman–Crippen MR) is 95.0 cm³/mol. The number of aryl methyl sites for hydroxylation is 1. The second-order valence-corrected chi connectivity index (χ2v) is 5.36. The lowest BCUT2D eigenvalue weighted by molar-refractivity contribution is 0.102. The van der Waals surface area contributed by atoms with E-state index < -0.39 is 0 Å². The standard InChI is InChI=1S/C19H19N3O/c1-3-20-16-9-5-4-8-15(16)19(23)22-17-10-6-7-14-12-11-13(2)21-18(14)17/h4-12,20H,3H2,1-2H3,(H,22,23). The van der Waals surface area contributed by atoms with Crippen molar-refractivity contribution in [2.75, 3.05) is 17.2 Å². The van der Waals surface area contributed by atoms with Crippen LogP contribution in [0.4, 0.5) is 11.4 Å². The first-order chi connectivity index (χ1) is 11.2. The number of anilines is 2. The van der Waals surface area contributed by atoms with Gasteiger partial charge in [0.15, 0.2) is 0 Å². The maximum atomic E-state index is 12.7. The smallest absolute Gasteiger partial charge is 0.257 e. The number of benzene rings is 2. The fraction of sp³-hybridized carbons (Fsp3) is 0.158. The average Bonchev–Trinajstić information content (AvgIpc) is 2.56. The largest absolute Gasteiger partial charge is 0.385 e. The van der Waals surface area contributed by atoms with E-state index in [4.69, 9.17) is 0 Å². The minimum absolute atomic E-state index is 0.141. The molecule has 0 aliphatic heterocycles. The topological polar surface area (TPSA) is 54.0 Å². The Morgan fingerprint density at radius 2 is 1.78 bits per heavy atom. The van der Waals surface area contributed by atoms with Crippen molar-refractivity contribution in [1.29, 1.82) is 0 Å². The molecule has 23 heavy (non-hydrogen) atoms. The van der Waals surface area contributed by atoms with Crippen LogP contribution in [0.3, 0.4) is 0 Å². The first kappa shape index (κ1) is 15.0. The number of rotatable bonds is 4. The molecule has 0 spiro atoms. The van der Waals surface area contributed by atoms with E-state index in [2.05, 4.69) is 15.6 Å². The van der Waals surface area contributed by atoms with Crippen LogP contribution in [0.2, 0.25) is 0 Å². The number of amides is 1. The van der Waals surface area contributed by atoms with E-state index in [0.29, 0.717) is 5.56 Å². The van der Waals surface area contributed by atoms with E-state index in [0.717, 1.165) is 34.5 Å². The van der Waals surface area contributed by atoms with E-state index in [-0.39, 0.29) is 5.91 Å². The first-order valence-corrected chi connectivity index (χ1v) is 7.69. The highest BCUT2D eigenvalue weighted by molar-refractivity contribution is 6.11. The molecule has 3 rings (SSSR count). The number of nitrogens with one attached hydrogen (secondary N) is 2. The van der Waals surface area contributed by atoms with Crippen LogP contribution in [0.15, 0.2) is 54.6 Å². The molecule has 4 heteroatoms. The number of hydrogen-bond donors (Lipinski definition) is 2. The summed E-state index contributed by atoms with van der Waals surface area (Å²) in [6, 6.07) is 17.3. The highest BCUT2D eigenvalue weighted by atomic mass is 16.1. The zero-order chi connectivity index (χ0) is 16.2. The van der Waals surface area contributed by atoms with Gasteiger partial charge in [-0.25, -0.2) is 0 Å². The summed E-state index contributed by atoms with van der Waals surface area (Å²) in [5, 5.41) is 7.21. The molecule has 1 heterocycles. The van der Waals surface area contributed by atoms with Crippen LogP contribution in [-0.4, -0.2) is 17.4 Å². The van der Waals surface area contributed by atoms with E-state index in [1.165, 1.54) is 0 Å². The molecular formula is C19H19N3O. The van der Waals surface area contributed by atoms with Crippen LogP contribution in [0.25, 0.3) is 10.9 Å². The van der Waals surface area contributed by atoms with Gasteiger partial charge in [-0.1, -0.05) is 30.3 Å². The lowest BCUT2D eigenvalue weighted by atomic mass is 10.1. The molecule has 116 valence electrons. The number of para-hydroxylation sites is 2. The maximum absolute atomic E-state index is 12.7. The monoisotopic (exact) mass is 305 g/mol. The quantitative estimate of drug-likeness (QED) is 0.758. The Labute approximate surface area is 135 Å². The zero-order valence-corrected chi connectivity index (χ0v) is 13.3. The second kappa shape index (κ2) is 6.48. The van der Waals surface area contributed by atoms with Crippen molar-refractivity contribution < 1.29 is 4.79 Å². The molecule has 0 aliphatic rings. The van der Waals surface area contributed by atoms with E-state index in [1.54, 1.807) is 0 Å². The number of pyridine rings is 1. The first-order valence-electron chi connectivity index (χ1n) is 7.69. The third kappa shape index (κ3) is 3.16. The van der Waals surface area contributed by atoms with Crippen LogP contribution in [0.1, 0.15) is 23.0 Å². The Hall–Kier alpha value is -2.88. The number of aromatic nitrogens is 1. The number of nitrogens with zero attached hydrogens (tertiary/aromatic N) is 1. The summed E-state index contributed by atoms with van der Waals surface area (Å²) in [7, 11) is 0.